The van der Waals surface area contributed by atoms with E-state index < -0.39 is 12.0 Å². The van der Waals surface area contributed by atoms with Crippen molar-refractivity contribution < 1.29 is 18.0 Å². The lowest BCUT2D eigenvalue weighted by molar-refractivity contribution is -0.146. The number of piperidine rings is 1. The van der Waals surface area contributed by atoms with Crippen LogP contribution in [0.2, 0.25) is 0 Å². The highest BCUT2D eigenvalue weighted by molar-refractivity contribution is 5.95. The average Bonchev–Trinajstić information content (AvgIpc) is 3.24. The normalized spacial score (nSPS) is 15.3. The van der Waals surface area contributed by atoms with Crippen molar-refractivity contribution in [1.29, 1.82) is 0 Å². The molecule has 4 rings (SSSR count). The summed E-state index contributed by atoms with van der Waals surface area (Å²) in [4.78, 5) is 17.1. The van der Waals surface area contributed by atoms with Gasteiger partial charge in [0.1, 0.15) is 5.82 Å². The Kier molecular flexibility index (Phi) is 6.29. The molecule has 0 atom stereocenters. The minimum atomic E-state index is -4.64. The molecule has 7 nitrogen and oxygen atoms in total. The number of para-hydroxylation sites is 1. The Morgan fingerprint density at radius 3 is 2.47 bits per heavy atom. The van der Waals surface area contributed by atoms with E-state index in [1.165, 1.54) is 6.07 Å². The van der Waals surface area contributed by atoms with Crippen molar-refractivity contribution in [3.63, 3.8) is 0 Å². The first kappa shape index (κ1) is 22.0. The van der Waals surface area contributed by atoms with Crippen LogP contribution in [0.5, 0.6) is 0 Å². The lowest BCUT2D eigenvalue weighted by Crippen LogP contribution is -2.43. The fraction of sp³-hybridized carbons (Fsp3) is 0.455. The minimum Gasteiger partial charge on any atom is -0.355 e. The highest BCUT2D eigenvalue weighted by atomic mass is 19.4. The molecular formula is C22H25F3N6O. The smallest absolute Gasteiger partial charge is 0.355 e. The number of hydrogen-bond acceptors (Lipinski definition) is 5. The van der Waals surface area contributed by atoms with Crippen LogP contribution in [-0.2, 0) is 11.0 Å². The maximum atomic E-state index is 13.3. The van der Waals surface area contributed by atoms with Crippen LogP contribution < -0.4 is 9.80 Å². The Hall–Kier alpha value is -3.17. The van der Waals surface area contributed by atoms with Gasteiger partial charge in [-0.1, -0.05) is 31.5 Å². The van der Waals surface area contributed by atoms with Crippen molar-refractivity contribution in [2.45, 2.75) is 38.8 Å². The zero-order valence-electron chi connectivity index (χ0n) is 17.8. The molecule has 0 radical (unpaired) electrons. The van der Waals surface area contributed by atoms with Gasteiger partial charge in [0.25, 0.3) is 5.82 Å². The zero-order valence-corrected chi connectivity index (χ0v) is 17.8. The standard InChI is InChI=1S/C22H25F3N6O/c1-2-3-13-30(17-7-5-4-6-8-17)20(32)16-11-14-29(15-12-16)19-10-9-18-26-27-21(22(23,24)25)31(18)28-19/h4-10,16H,2-3,11-15H2,1H3. The molecule has 32 heavy (non-hydrogen) atoms. The Labute approximate surface area is 183 Å². The molecule has 0 aliphatic carbocycles. The van der Waals surface area contributed by atoms with Crippen molar-refractivity contribution in [3.8, 4) is 0 Å². The van der Waals surface area contributed by atoms with Crippen molar-refractivity contribution in [3.05, 3.63) is 48.3 Å². The summed E-state index contributed by atoms with van der Waals surface area (Å²) in [5.41, 5.74) is 0.938. The van der Waals surface area contributed by atoms with Crippen molar-refractivity contribution >= 4 is 23.1 Å². The minimum absolute atomic E-state index is 0.0422. The summed E-state index contributed by atoms with van der Waals surface area (Å²) in [6, 6.07) is 12.8. The molecular weight excluding hydrogens is 421 g/mol. The number of carbonyl (C=O) groups is 1. The van der Waals surface area contributed by atoms with Crippen LogP contribution in [0.4, 0.5) is 24.7 Å². The maximum Gasteiger partial charge on any atom is 0.453 e. The molecule has 0 unspecified atom stereocenters. The van der Waals surface area contributed by atoms with Crippen LogP contribution >= 0.6 is 0 Å². The van der Waals surface area contributed by atoms with Gasteiger partial charge in [-0.05, 0) is 43.5 Å². The summed E-state index contributed by atoms with van der Waals surface area (Å²) >= 11 is 0. The average molecular weight is 446 g/mol. The molecule has 0 N–H and O–H groups in total. The van der Waals surface area contributed by atoms with E-state index in [0.29, 0.717) is 38.3 Å². The molecule has 1 amide bonds. The predicted octanol–water partition coefficient (Wildman–Crippen LogP) is 4.19. The van der Waals surface area contributed by atoms with E-state index in [1.54, 1.807) is 6.07 Å². The fourth-order valence-electron chi connectivity index (χ4n) is 3.99. The number of carbonyl (C=O) groups excluding carboxylic acids is 1. The summed E-state index contributed by atoms with van der Waals surface area (Å²) in [5, 5.41) is 10.9. The number of hydrogen-bond donors (Lipinski definition) is 0. The first-order valence-corrected chi connectivity index (χ1v) is 10.8. The van der Waals surface area contributed by atoms with E-state index in [4.69, 9.17) is 0 Å². The Balaban J connectivity index is 1.47. The van der Waals surface area contributed by atoms with E-state index in [1.807, 2.05) is 40.1 Å². The molecule has 10 heteroatoms. The number of anilines is 2. The van der Waals surface area contributed by atoms with Gasteiger partial charge in [-0.2, -0.15) is 17.7 Å². The van der Waals surface area contributed by atoms with Gasteiger partial charge in [0.05, 0.1) is 0 Å². The number of unbranched alkanes of at least 4 members (excludes halogenated alkanes) is 1. The number of benzene rings is 1. The predicted molar refractivity (Wildman–Crippen MR) is 114 cm³/mol. The van der Waals surface area contributed by atoms with Gasteiger partial charge >= 0.3 is 6.18 Å². The van der Waals surface area contributed by atoms with E-state index in [0.717, 1.165) is 23.0 Å². The van der Waals surface area contributed by atoms with Crippen LogP contribution in [0.15, 0.2) is 42.5 Å². The Bertz CT molecular complexity index is 1060. The quantitative estimate of drug-likeness (QED) is 0.568. The molecule has 0 spiro atoms. The lowest BCUT2D eigenvalue weighted by atomic mass is 9.94. The number of aromatic nitrogens is 4. The number of amides is 1. The van der Waals surface area contributed by atoms with Gasteiger partial charge in [-0.3, -0.25) is 4.79 Å². The monoisotopic (exact) mass is 446 g/mol. The van der Waals surface area contributed by atoms with Crippen LogP contribution in [0.1, 0.15) is 38.4 Å². The van der Waals surface area contributed by atoms with E-state index in [9.17, 15) is 18.0 Å². The molecule has 1 aromatic carbocycles. The summed E-state index contributed by atoms with van der Waals surface area (Å²) < 4.78 is 40.2. The van der Waals surface area contributed by atoms with Gasteiger partial charge < -0.3 is 9.80 Å². The summed E-state index contributed by atoms with van der Waals surface area (Å²) in [5.74, 6) is -0.757. The first-order chi connectivity index (χ1) is 15.4. The molecule has 3 heterocycles. The third kappa shape index (κ3) is 4.53. The number of rotatable bonds is 6. The third-order valence-corrected chi connectivity index (χ3v) is 5.74. The lowest BCUT2D eigenvalue weighted by Gasteiger charge is -2.35. The van der Waals surface area contributed by atoms with Gasteiger partial charge in [-0.25, -0.2) is 0 Å². The van der Waals surface area contributed by atoms with Crippen LogP contribution in [0.3, 0.4) is 0 Å². The molecule has 170 valence electrons. The number of nitrogens with zero attached hydrogens (tertiary/aromatic N) is 6. The summed E-state index contributed by atoms with van der Waals surface area (Å²) in [7, 11) is 0. The van der Waals surface area contributed by atoms with Gasteiger partial charge in [0.15, 0.2) is 5.65 Å². The van der Waals surface area contributed by atoms with E-state index >= 15 is 0 Å². The Morgan fingerprint density at radius 1 is 1.09 bits per heavy atom. The largest absolute Gasteiger partial charge is 0.453 e. The molecule has 1 fully saturated rings. The molecule has 2 aromatic heterocycles. The van der Waals surface area contributed by atoms with Crippen LogP contribution in [0.25, 0.3) is 5.65 Å². The second kappa shape index (κ2) is 9.13. The van der Waals surface area contributed by atoms with Crippen molar-refractivity contribution in [2.75, 3.05) is 29.4 Å². The number of halogens is 3. The van der Waals surface area contributed by atoms with Gasteiger partial charge in [0.2, 0.25) is 5.91 Å². The Morgan fingerprint density at radius 2 is 1.81 bits per heavy atom. The second-order valence-electron chi connectivity index (χ2n) is 7.92. The van der Waals surface area contributed by atoms with Gasteiger partial charge in [-0.15, -0.1) is 15.3 Å². The number of fused-ring (bicyclic) bond motifs is 1. The maximum absolute atomic E-state index is 13.3. The third-order valence-electron chi connectivity index (χ3n) is 5.74. The molecule has 1 aliphatic heterocycles. The van der Waals surface area contributed by atoms with Crippen LogP contribution in [0, 0.1) is 5.92 Å². The zero-order chi connectivity index (χ0) is 22.7. The second-order valence-corrected chi connectivity index (χ2v) is 7.92. The highest BCUT2D eigenvalue weighted by Gasteiger charge is 2.38. The van der Waals surface area contributed by atoms with E-state index in [-0.39, 0.29) is 17.5 Å². The SMILES string of the molecule is CCCCN(C(=O)C1CCN(c2ccc3nnc(C(F)(F)F)n3n2)CC1)c1ccccc1. The summed E-state index contributed by atoms with van der Waals surface area (Å²) in [6.07, 6.45) is -1.50. The molecule has 0 saturated carbocycles. The first-order valence-electron chi connectivity index (χ1n) is 10.8. The van der Waals surface area contributed by atoms with E-state index in [2.05, 4.69) is 22.2 Å². The summed E-state index contributed by atoms with van der Waals surface area (Å²) in [6.45, 7) is 3.84. The topological polar surface area (TPSA) is 66.6 Å². The molecule has 1 aliphatic rings. The van der Waals surface area contributed by atoms with Crippen molar-refractivity contribution in [1.82, 2.24) is 19.8 Å². The van der Waals surface area contributed by atoms with Gasteiger partial charge in [0, 0.05) is 31.2 Å². The fourth-order valence-corrected chi connectivity index (χ4v) is 3.99. The van der Waals surface area contributed by atoms with Crippen LogP contribution in [-0.4, -0.2) is 45.4 Å². The molecule has 3 aromatic rings. The molecule has 0 bridgehead atoms. The van der Waals surface area contributed by atoms with Crippen molar-refractivity contribution in [2.24, 2.45) is 5.92 Å². The number of alkyl halides is 3. The highest BCUT2D eigenvalue weighted by Crippen LogP contribution is 2.29. The molecule has 1 saturated heterocycles.